The first-order valence-electron chi connectivity index (χ1n) is 5.04. The van der Waals surface area contributed by atoms with Gasteiger partial charge >= 0.3 is 5.97 Å². The third kappa shape index (κ3) is 2.67. The van der Waals surface area contributed by atoms with Crippen molar-refractivity contribution in [2.24, 2.45) is 0 Å². The van der Waals surface area contributed by atoms with E-state index in [0.29, 0.717) is 23.5 Å². The van der Waals surface area contributed by atoms with E-state index in [-0.39, 0.29) is 11.8 Å². The van der Waals surface area contributed by atoms with Crippen LogP contribution in [0.25, 0.3) is 0 Å². The lowest BCUT2D eigenvalue weighted by Crippen LogP contribution is -2.09. The first-order valence-corrected chi connectivity index (χ1v) is 5.58. The Morgan fingerprint density at radius 3 is 2.62 bits per heavy atom. The predicted octanol–water partition coefficient (Wildman–Crippen LogP) is 2.92. The van der Waals surface area contributed by atoms with Gasteiger partial charge in [0.15, 0.2) is 0 Å². The van der Waals surface area contributed by atoms with Crippen LogP contribution in [-0.4, -0.2) is 19.7 Å². The van der Waals surface area contributed by atoms with Crippen molar-refractivity contribution in [1.29, 1.82) is 0 Å². The molecular formula is C12H15ClO3. The molecule has 4 heteroatoms. The maximum atomic E-state index is 11.7. The van der Waals surface area contributed by atoms with Crippen LogP contribution in [0.15, 0.2) is 12.1 Å². The molecule has 16 heavy (non-hydrogen) atoms. The number of carbonyl (C=O) groups excluding carboxylic acids is 1. The smallest absolute Gasteiger partial charge is 0.338 e. The number of carbonyl (C=O) groups is 1. The number of rotatable bonds is 4. The molecule has 0 bridgehead atoms. The van der Waals surface area contributed by atoms with Crippen molar-refractivity contribution in [1.82, 2.24) is 0 Å². The second-order valence-electron chi connectivity index (χ2n) is 3.35. The number of hydrogen-bond acceptors (Lipinski definition) is 3. The monoisotopic (exact) mass is 242 g/mol. The van der Waals surface area contributed by atoms with Crippen LogP contribution < -0.4 is 4.74 Å². The van der Waals surface area contributed by atoms with Crippen LogP contribution in [0.3, 0.4) is 0 Å². The highest BCUT2D eigenvalue weighted by Crippen LogP contribution is 2.26. The van der Waals surface area contributed by atoms with Crippen molar-refractivity contribution >= 4 is 17.6 Å². The highest BCUT2D eigenvalue weighted by Gasteiger charge is 2.16. The summed E-state index contributed by atoms with van der Waals surface area (Å²) in [6.45, 7) is 4.01. The molecule has 0 aromatic heterocycles. The van der Waals surface area contributed by atoms with Gasteiger partial charge in [-0.05, 0) is 31.5 Å². The second kappa shape index (κ2) is 5.75. The maximum absolute atomic E-state index is 11.7. The van der Waals surface area contributed by atoms with E-state index >= 15 is 0 Å². The Morgan fingerprint density at radius 1 is 1.44 bits per heavy atom. The fourth-order valence-electron chi connectivity index (χ4n) is 1.49. The molecule has 0 radical (unpaired) electrons. The van der Waals surface area contributed by atoms with Crippen molar-refractivity contribution in [2.45, 2.75) is 19.7 Å². The minimum atomic E-state index is -0.361. The van der Waals surface area contributed by atoms with E-state index in [1.54, 1.807) is 20.1 Å². The molecule has 0 atom stereocenters. The fraction of sp³-hybridized carbons (Fsp3) is 0.417. The van der Waals surface area contributed by atoms with Gasteiger partial charge in [0.05, 0.1) is 25.2 Å². The molecule has 3 nitrogen and oxygen atoms in total. The molecule has 0 aliphatic heterocycles. The van der Waals surface area contributed by atoms with E-state index in [4.69, 9.17) is 21.1 Å². The fourth-order valence-corrected chi connectivity index (χ4v) is 1.77. The molecular weight excluding hydrogens is 228 g/mol. The van der Waals surface area contributed by atoms with Gasteiger partial charge in [0.25, 0.3) is 0 Å². The molecule has 0 unspecified atom stereocenters. The van der Waals surface area contributed by atoms with Crippen molar-refractivity contribution < 1.29 is 14.3 Å². The van der Waals surface area contributed by atoms with Crippen molar-refractivity contribution in [3.8, 4) is 5.75 Å². The lowest BCUT2D eigenvalue weighted by atomic mass is 10.0. The van der Waals surface area contributed by atoms with Gasteiger partial charge in [-0.15, -0.1) is 11.6 Å². The molecule has 0 aliphatic rings. The van der Waals surface area contributed by atoms with E-state index in [1.807, 2.05) is 13.0 Å². The Kier molecular flexibility index (Phi) is 4.62. The van der Waals surface area contributed by atoms with E-state index in [0.717, 1.165) is 5.56 Å². The predicted molar refractivity (Wildman–Crippen MR) is 63.2 cm³/mol. The SMILES string of the molecule is CCOC(=O)c1cc(C)cc(OC)c1CCl. The normalized spacial score (nSPS) is 10.0. The van der Waals surface area contributed by atoms with Gasteiger partial charge in [-0.1, -0.05) is 0 Å². The Bertz CT molecular complexity index is 388. The van der Waals surface area contributed by atoms with Crippen LogP contribution >= 0.6 is 11.6 Å². The third-order valence-corrected chi connectivity index (χ3v) is 2.47. The molecule has 0 amide bonds. The number of methoxy groups -OCH3 is 1. The first-order chi connectivity index (χ1) is 7.63. The van der Waals surface area contributed by atoms with Crippen LogP contribution in [-0.2, 0) is 10.6 Å². The number of aryl methyl sites for hydroxylation is 1. The van der Waals surface area contributed by atoms with Crippen LogP contribution in [0.1, 0.15) is 28.4 Å². The van der Waals surface area contributed by atoms with E-state index in [1.165, 1.54) is 0 Å². The third-order valence-electron chi connectivity index (χ3n) is 2.20. The molecule has 1 rings (SSSR count). The molecule has 1 aromatic carbocycles. The minimum absolute atomic E-state index is 0.220. The highest BCUT2D eigenvalue weighted by atomic mass is 35.5. The largest absolute Gasteiger partial charge is 0.496 e. The zero-order valence-electron chi connectivity index (χ0n) is 9.67. The number of benzene rings is 1. The summed E-state index contributed by atoms with van der Waals surface area (Å²) in [4.78, 5) is 11.7. The molecule has 1 aromatic rings. The zero-order valence-corrected chi connectivity index (χ0v) is 10.4. The minimum Gasteiger partial charge on any atom is -0.496 e. The van der Waals surface area contributed by atoms with Gasteiger partial charge in [0.2, 0.25) is 0 Å². The van der Waals surface area contributed by atoms with Gasteiger partial charge in [-0.25, -0.2) is 4.79 Å². The highest BCUT2D eigenvalue weighted by molar-refractivity contribution is 6.18. The van der Waals surface area contributed by atoms with Crippen molar-refractivity contribution in [2.75, 3.05) is 13.7 Å². The lowest BCUT2D eigenvalue weighted by molar-refractivity contribution is 0.0525. The number of halogens is 1. The Hall–Kier alpha value is -1.22. The molecule has 0 N–H and O–H groups in total. The molecule has 0 heterocycles. The molecule has 0 spiro atoms. The molecule has 88 valence electrons. The second-order valence-corrected chi connectivity index (χ2v) is 3.61. The van der Waals surface area contributed by atoms with Crippen molar-refractivity contribution in [3.05, 3.63) is 28.8 Å². The summed E-state index contributed by atoms with van der Waals surface area (Å²) in [5.41, 5.74) is 2.09. The summed E-state index contributed by atoms with van der Waals surface area (Å²) in [7, 11) is 1.56. The summed E-state index contributed by atoms with van der Waals surface area (Å²) < 4.78 is 10.2. The summed E-state index contributed by atoms with van der Waals surface area (Å²) in [5, 5.41) is 0. The lowest BCUT2D eigenvalue weighted by Gasteiger charge is -2.12. The average Bonchev–Trinajstić information content (AvgIpc) is 2.28. The van der Waals surface area contributed by atoms with Crippen LogP contribution in [0.2, 0.25) is 0 Å². The van der Waals surface area contributed by atoms with Gasteiger partial charge < -0.3 is 9.47 Å². The number of ether oxygens (including phenoxy) is 2. The van der Waals surface area contributed by atoms with E-state index < -0.39 is 0 Å². The van der Waals surface area contributed by atoms with Gasteiger partial charge in [-0.2, -0.15) is 0 Å². The summed E-state index contributed by atoms with van der Waals surface area (Å²) in [6, 6.07) is 3.61. The molecule has 0 aliphatic carbocycles. The zero-order chi connectivity index (χ0) is 12.1. The average molecular weight is 243 g/mol. The summed E-state index contributed by atoms with van der Waals surface area (Å²) in [6.07, 6.45) is 0. The molecule has 0 saturated carbocycles. The Morgan fingerprint density at radius 2 is 2.12 bits per heavy atom. The standard InChI is InChI=1S/C12H15ClO3/c1-4-16-12(14)9-5-8(2)6-11(15-3)10(9)7-13/h5-6H,4,7H2,1-3H3. The van der Waals surface area contributed by atoms with Crippen LogP contribution in [0.5, 0.6) is 5.75 Å². The van der Waals surface area contributed by atoms with E-state index in [9.17, 15) is 4.79 Å². The summed E-state index contributed by atoms with van der Waals surface area (Å²) in [5.74, 6) is 0.482. The number of alkyl halides is 1. The van der Waals surface area contributed by atoms with Crippen LogP contribution in [0, 0.1) is 6.92 Å². The van der Waals surface area contributed by atoms with E-state index in [2.05, 4.69) is 0 Å². The van der Waals surface area contributed by atoms with Gasteiger partial charge in [0.1, 0.15) is 5.75 Å². The first kappa shape index (κ1) is 12.8. The topological polar surface area (TPSA) is 35.5 Å². The summed E-state index contributed by atoms with van der Waals surface area (Å²) >= 11 is 5.82. The van der Waals surface area contributed by atoms with Crippen molar-refractivity contribution in [3.63, 3.8) is 0 Å². The molecule has 0 saturated heterocycles. The van der Waals surface area contributed by atoms with Crippen LogP contribution in [0.4, 0.5) is 0 Å². The number of esters is 1. The van der Waals surface area contributed by atoms with Gasteiger partial charge in [-0.3, -0.25) is 0 Å². The molecule has 0 fully saturated rings. The van der Waals surface area contributed by atoms with Gasteiger partial charge in [0, 0.05) is 5.56 Å². The maximum Gasteiger partial charge on any atom is 0.338 e. The quantitative estimate of drug-likeness (QED) is 0.602. The number of hydrogen-bond donors (Lipinski definition) is 0. The Balaban J connectivity index is 3.24. The Labute approximate surface area is 100 Å².